The third kappa shape index (κ3) is 1.77. The molecule has 0 aliphatic heterocycles. The van der Waals surface area contributed by atoms with Gasteiger partial charge < -0.3 is 5.73 Å². The predicted molar refractivity (Wildman–Crippen MR) is 61.8 cm³/mol. The second kappa shape index (κ2) is 3.80. The lowest BCUT2D eigenvalue weighted by molar-refractivity contribution is 1.32. The summed E-state index contributed by atoms with van der Waals surface area (Å²) in [5.41, 5.74) is 7.57. The van der Waals surface area contributed by atoms with Crippen LogP contribution in [0, 0.1) is 0 Å². The standard InChI is InChI=1S/C11H9BrN2/c12-9-6-7-10(13)14-11(9)8-4-2-1-3-5-8/h1-7H,(H2,13,14). The zero-order chi connectivity index (χ0) is 9.97. The van der Waals surface area contributed by atoms with Gasteiger partial charge in [-0.2, -0.15) is 0 Å². The molecule has 0 aliphatic carbocycles. The zero-order valence-corrected chi connectivity index (χ0v) is 9.03. The van der Waals surface area contributed by atoms with Crippen LogP contribution in [-0.4, -0.2) is 4.98 Å². The highest BCUT2D eigenvalue weighted by Crippen LogP contribution is 2.26. The maximum absolute atomic E-state index is 5.63. The van der Waals surface area contributed by atoms with Crippen LogP contribution in [0.2, 0.25) is 0 Å². The van der Waals surface area contributed by atoms with E-state index in [0.29, 0.717) is 5.82 Å². The molecule has 2 N–H and O–H groups in total. The number of nitrogens with two attached hydrogens (primary N) is 1. The van der Waals surface area contributed by atoms with Crippen LogP contribution in [0.15, 0.2) is 46.9 Å². The maximum Gasteiger partial charge on any atom is 0.124 e. The fourth-order valence-corrected chi connectivity index (χ4v) is 1.71. The highest BCUT2D eigenvalue weighted by molar-refractivity contribution is 9.10. The Bertz CT molecular complexity index is 440. The van der Waals surface area contributed by atoms with E-state index in [9.17, 15) is 0 Å². The van der Waals surface area contributed by atoms with Crippen molar-refractivity contribution in [1.82, 2.24) is 4.98 Å². The quantitative estimate of drug-likeness (QED) is 0.843. The predicted octanol–water partition coefficient (Wildman–Crippen LogP) is 3.09. The second-order valence-electron chi connectivity index (χ2n) is 2.93. The van der Waals surface area contributed by atoms with Gasteiger partial charge in [-0.05, 0) is 28.1 Å². The number of rotatable bonds is 1. The summed E-state index contributed by atoms with van der Waals surface area (Å²) in [7, 11) is 0. The highest BCUT2D eigenvalue weighted by Gasteiger charge is 2.03. The molecule has 0 atom stereocenters. The van der Waals surface area contributed by atoms with Crippen LogP contribution in [0.25, 0.3) is 11.3 Å². The molecule has 0 aliphatic rings. The van der Waals surface area contributed by atoms with Crippen LogP contribution >= 0.6 is 15.9 Å². The van der Waals surface area contributed by atoms with E-state index in [-0.39, 0.29) is 0 Å². The molecular weight excluding hydrogens is 240 g/mol. The van der Waals surface area contributed by atoms with E-state index in [4.69, 9.17) is 5.73 Å². The molecule has 14 heavy (non-hydrogen) atoms. The van der Waals surface area contributed by atoms with Crippen molar-refractivity contribution < 1.29 is 0 Å². The minimum Gasteiger partial charge on any atom is -0.384 e. The van der Waals surface area contributed by atoms with Gasteiger partial charge in [0.25, 0.3) is 0 Å². The Hall–Kier alpha value is -1.35. The minimum absolute atomic E-state index is 0.534. The lowest BCUT2D eigenvalue weighted by Crippen LogP contribution is -1.92. The van der Waals surface area contributed by atoms with Crippen molar-refractivity contribution in [3.05, 3.63) is 46.9 Å². The summed E-state index contributed by atoms with van der Waals surface area (Å²) in [6, 6.07) is 13.6. The van der Waals surface area contributed by atoms with Crippen LogP contribution < -0.4 is 5.73 Å². The summed E-state index contributed by atoms with van der Waals surface area (Å²) in [6.07, 6.45) is 0. The number of hydrogen-bond donors (Lipinski definition) is 1. The van der Waals surface area contributed by atoms with Crippen molar-refractivity contribution >= 4 is 21.7 Å². The summed E-state index contributed by atoms with van der Waals surface area (Å²) in [4.78, 5) is 4.27. The van der Waals surface area contributed by atoms with Gasteiger partial charge in [-0.25, -0.2) is 4.98 Å². The molecule has 0 bridgehead atoms. The first kappa shape index (κ1) is 9.21. The molecule has 70 valence electrons. The van der Waals surface area contributed by atoms with Gasteiger partial charge >= 0.3 is 0 Å². The summed E-state index contributed by atoms with van der Waals surface area (Å²) >= 11 is 3.45. The monoisotopic (exact) mass is 248 g/mol. The lowest BCUT2D eigenvalue weighted by atomic mass is 10.1. The van der Waals surface area contributed by atoms with Gasteiger partial charge in [0.1, 0.15) is 5.82 Å². The molecule has 2 aromatic rings. The van der Waals surface area contributed by atoms with Crippen molar-refractivity contribution in [2.24, 2.45) is 0 Å². The second-order valence-corrected chi connectivity index (χ2v) is 3.79. The van der Waals surface area contributed by atoms with E-state index in [0.717, 1.165) is 15.7 Å². The van der Waals surface area contributed by atoms with Crippen molar-refractivity contribution in [3.8, 4) is 11.3 Å². The summed E-state index contributed by atoms with van der Waals surface area (Å²) in [5, 5.41) is 0. The third-order valence-corrected chi connectivity index (χ3v) is 2.55. The number of pyridine rings is 1. The number of aromatic nitrogens is 1. The number of halogens is 1. The number of anilines is 1. The molecular formula is C11H9BrN2. The number of benzene rings is 1. The molecule has 0 saturated heterocycles. The molecule has 0 radical (unpaired) electrons. The van der Waals surface area contributed by atoms with E-state index in [1.165, 1.54) is 0 Å². The molecule has 1 heterocycles. The van der Waals surface area contributed by atoms with Crippen molar-refractivity contribution in [3.63, 3.8) is 0 Å². The SMILES string of the molecule is Nc1ccc(Br)c(-c2ccccc2)n1. The molecule has 1 aromatic carbocycles. The molecule has 0 unspecified atom stereocenters. The topological polar surface area (TPSA) is 38.9 Å². The third-order valence-electron chi connectivity index (χ3n) is 1.91. The summed E-state index contributed by atoms with van der Waals surface area (Å²) in [6.45, 7) is 0. The number of nitrogens with zero attached hydrogens (tertiary/aromatic N) is 1. The molecule has 0 amide bonds. The van der Waals surface area contributed by atoms with Gasteiger partial charge in [-0.1, -0.05) is 30.3 Å². The van der Waals surface area contributed by atoms with Gasteiger partial charge in [0.2, 0.25) is 0 Å². The van der Waals surface area contributed by atoms with Gasteiger partial charge in [0.15, 0.2) is 0 Å². The van der Waals surface area contributed by atoms with Crippen molar-refractivity contribution in [2.75, 3.05) is 5.73 Å². The first-order valence-electron chi connectivity index (χ1n) is 4.25. The number of hydrogen-bond acceptors (Lipinski definition) is 2. The fraction of sp³-hybridized carbons (Fsp3) is 0. The Labute approximate surface area is 90.9 Å². The molecule has 3 heteroatoms. The molecule has 2 nitrogen and oxygen atoms in total. The van der Waals surface area contributed by atoms with E-state index >= 15 is 0 Å². The molecule has 2 rings (SSSR count). The molecule has 0 saturated carbocycles. The van der Waals surface area contributed by atoms with E-state index in [1.54, 1.807) is 6.07 Å². The lowest BCUT2D eigenvalue weighted by Gasteiger charge is -2.03. The van der Waals surface area contributed by atoms with E-state index in [1.807, 2.05) is 36.4 Å². The average molecular weight is 249 g/mol. The summed E-state index contributed by atoms with van der Waals surface area (Å²) < 4.78 is 0.956. The van der Waals surface area contributed by atoms with Crippen LogP contribution in [0.3, 0.4) is 0 Å². The van der Waals surface area contributed by atoms with Crippen LogP contribution in [-0.2, 0) is 0 Å². The minimum atomic E-state index is 0.534. The zero-order valence-electron chi connectivity index (χ0n) is 7.44. The molecule has 0 spiro atoms. The van der Waals surface area contributed by atoms with Crippen LogP contribution in [0.5, 0.6) is 0 Å². The molecule has 1 aromatic heterocycles. The van der Waals surface area contributed by atoms with Crippen molar-refractivity contribution in [1.29, 1.82) is 0 Å². The normalized spacial score (nSPS) is 10.1. The van der Waals surface area contributed by atoms with Gasteiger partial charge in [-0.3, -0.25) is 0 Å². The molecule has 0 fully saturated rings. The fourth-order valence-electron chi connectivity index (χ4n) is 1.26. The highest BCUT2D eigenvalue weighted by atomic mass is 79.9. The number of nitrogen functional groups attached to an aromatic ring is 1. The Kier molecular flexibility index (Phi) is 2.50. The maximum atomic E-state index is 5.63. The largest absolute Gasteiger partial charge is 0.384 e. The van der Waals surface area contributed by atoms with E-state index in [2.05, 4.69) is 20.9 Å². The first-order valence-corrected chi connectivity index (χ1v) is 5.04. The Morgan fingerprint density at radius 3 is 2.43 bits per heavy atom. The van der Waals surface area contributed by atoms with E-state index < -0.39 is 0 Å². The van der Waals surface area contributed by atoms with Gasteiger partial charge in [-0.15, -0.1) is 0 Å². The Morgan fingerprint density at radius 1 is 1.00 bits per heavy atom. The van der Waals surface area contributed by atoms with Crippen LogP contribution in [0.1, 0.15) is 0 Å². The summed E-state index contributed by atoms with van der Waals surface area (Å²) in [5.74, 6) is 0.534. The van der Waals surface area contributed by atoms with Gasteiger partial charge in [0.05, 0.1) is 5.69 Å². The van der Waals surface area contributed by atoms with Crippen molar-refractivity contribution in [2.45, 2.75) is 0 Å². The smallest absolute Gasteiger partial charge is 0.124 e. The Balaban J connectivity index is 2.57. The van der Waals surface area contributed by atoms with Crippen LogP contribution in [0.4, 0.5) is 5.82 Å². The Morgan fingerprint density at radius 2 is 1.71 bits per heavy atom. The van der Waals surface area contributed by atoms with Gasteiger partial charge in [0, 0.05) is 10.0 Å². The first-order chi connectivity index (χ1) is 6.77. The average Bonchev–Trinajstić information content (AvgIpc) is 2.23.